The molecule has 1 saturated heterocycles. The molecular weight excluding hydrogens is 196 g/mol. The second kappa shape index (κ2) is 3.68. The van der Waals surface area contributed by atoms with Gasteiger partial charge in [0.25, 0.3) is 6.04 Å². The standard InChI is InChI=1S/C10H10N2O3/c13-10-9(12(14)15)6-7-11(10)8-4-2-1-3-5-8/h1-5,9H,6-7H2. The molecule has 15 heavy (non-hydrogen) atoms. The molecule has 2 rings (SSSR count). The lowest BCUT2D eigenvalue weighted by Gasteiger charge is -2.14. The van der Waals surface area contributed by atoms with Gasteiger partial charge in [0, 0.05) is 23.6 Å². The molecule has 78 valence electrons. The van der Waals surface area contributed by atoms with Gasteiger partial charge in [-0.3, -0.25) is 14.9 Å². The highest BCUT2D eigenvalue weighted by Gasteiger charge is 2.40. The fourth-order valence-electron chi connectivity index (χ4n) is 1.72. The Bertz CT molecular complexity index is 391. The summed E-state index contributed by atoms with van der Waals surface area (Å²) in [5.41, 5.74) is 0.729. The summed E-state index contributed by atoms with van der Waals surface area (Å²) < 4.78 is 0. The van der Waals surface area contributed by atoms with E-state index in [1.807, 2.05) is 18.2 Å². The molecule has 1 aliphatic heterocycles. The zero-order chi connectivity index (χ0) is 10.8. The number of nitrogens with zero attached hydrogens (tertiary/aromatic N) is 2. The van der Waals surface area contributed by atoms with Crippen LogP contribution in [-0.2, 0) is 4.79 Å². The Morgan fingerprint density at radius 1 is 1.33 bits per heavy atom. The summed E-state index contributed by atoms with van der Waals surface area (Å²) in [7, 11) is 0. The molecule has 1 fully saturated rings. The lowest BCUT2D eigenvalue weighted by molar-refractivity contribution is -0.505. The van der Waals surface area contributed by atoms with E-state index in [1.165, 1.54) is 4.90 Å². The van der Waals surface area contributed by atoms with E-state index < -0.39 is 16.9 Å². The lowest BCUT2D eigenvalue weighted by Crippen LogP contribution is -2.33. The number of hydrogen-bond donors (Lipinski definition) is 0. The summed E-state index contributed by atoms with van der Waals surface area (Å²) in [5, 5.41) is 10.5. The Morgan fingerprint density at radius 3 is 2.53 bits per heavy atom. The van der Waals surface area contributed by atoms with Crippen molar-refractivity contribution in [1.29, 1.82) is 0 Å². The normalized spacial score (nSPS) is 20.7. The van der Waals surface area contributed by atoms with Gasteiger partial charge < -0.3 is 4.90 Å². The average Bonchev–Trinajstić information content (AvgIpc) is 2.61. The molecule has 0 saturated carbocycles. The van der Waals surface area contributed by atoms with Crippen LogP contribution in [-0.4, -0.2) is 23.4 Å². The maximum atomic E-state index is 11.6. The molecule has 1 heterocycles. The van der Waals surface area contributed by atoms with Crippen LogP contribution in [0.25, 0.3) is 0 Å². The third-order valence-corrected chi connectivity index (χ3v) is 2.50. The van der Waals surface area contributed by atoms with Crippen molar-refractivity contribution in [3.05, 3.63) is 40.4 Å². The lowest BCUT2D eigenvalue weighted by atomic mass is 10.3. The molecule has 0 aromatic heterocycles. The number of carbonyl (C=O) groups excluding carboxylic acids is 1. The highest BCUT2D eigenvalue weighted by Crippen LogP contribution is 2.22. The smallest absolute Gasteiger partial charge is 0.301 e. The minimum absolute atomic E-state index is 0.292. The highest BCUT2D eigenvalue weighted by atomic mass is 16.6. The number of anilines is 1. The number of carbonyl (C=O) groups is 1. The van der Waals surface area contributed by atoms with Gasteiger partial charge in [-0.2, -0.15) is 0 Å². The second-order valence-corrected chi connectivity index (χ2v) is 3.42. The maximum Gasteiger partial charge on any atom is 0.301 e. The van der Waals surface area contributed by atoms with Crippen LogP contribution in [0, 0.1) is 10.1 Å². The molecule has 1 amide bonds. The van der Waals surface area contributed by atoms with Gasteiger partial charge in [-0.15, -0.1) is 0 Å². The third kappa shape index (κ3) is 1.68. The first-order valence-corrected chi connectivity index (χ1v) is 4.70. The first-order valence-electron chi connectivity index (χ1n) is 4.70. The van der Waals surface area contributed by atoms with Gasteiger partial charge in [0.05, 0.1) is 0 Å². The van der Waals surface area contributed by atoms with Crippen molar-refractivity contribution in [3.8, 4) is 0 Å². The van der Waals surface area contributed by atoms with Crippen molar-refractivity contribution < 1.29 is 9.72 Å². The van der Waals surface area contributed by atoms with Crippen molar-refractivity contribution in [1.82, 2.24) is 0 Å². The minimum atomic E-state index is -1.06. The van der Waals surface area contributed by atoms with Gasteiger partial charge in [0.2, 0.25) is 0 Å². The summed E-state index contributed by atoms with van der Waals surface area (Å²) in [6, 6.07) is 7.95. The van der Waals surface area contributed by atoms with E-state index in [-0.39, 0.29) is 0 Å². The first-order chi connectivity index (χ1) is 7.20. The molecule has 0 radical (unpaired) electrons. The molecule has 0 bridgehead atoms. The van der Waals surface area contributed by atoms with Crippen molar-refractivity contribution in [2.24, 2.45) is 0 Å². The molecule has 0 spiro atoms. The predicted octanol–water partition coefficient (Wildman–Crippen LogP) is 1.07. The van der Waals surface area contributed by atoms with E-state index in [2.05, 4.69) is 0 Å². The van der Waals surface area contributed by atoms with Crippen molar-refractivity contribution in [3.63, 3.8) is 0 Å². The monoisotopic (exact) mass is 206 g/mol. The topological polar surface area (TPSA) is 63.4 Å². The van der Waals surface area contributed by atoms with Crippen LogP contribution in [0.1, 0.15) is 6.42 Å². The number of hydrogen-bond acceptors (Lipinski definition) is 3. The maximum absolute atomic E-state index is 11.6. The van der Waals surface area contributed by atoms with Gasteiger partial charge >= 0.3 is 5.91 Å². The van der Waals surface area contributed by atoms with Gasteiger partial charge in [-0.25, -0.2) is 0 Å². The SMILES string of the molecule is O=C1C([N+](=O)[O-])CCN1c1ccccc1. The Labute approximate surface area is 86.5 Å². The molecular formula is C10H10N2O3. The molecule has 1 atom stereocenters. The first kappa shape index (κ1) is 9.64. The summed E-state index contributed by atoms with van der Waals surface area (Å²) in [6.07, 6.45) is 0.292. The summed E-state index contributed by atoms with van der Waals surface area (Å²) in [6.45, 7) is 0.425. The van der Waals surface area contributed by atoms with Gasteiger partial charge in [0.1, 0.15) is 0 Å². The summed E-state index contributed by atoms with van der Waals surface area (Å²) in [5.74, 6) is -0.411. The Hall–Kier alpha value is -1.91. The number of amides is 1. The van der Waals surface area contributed by atoms with Crippen molar-refractivity contribution in [2.75, 3.05) is 11.4 Å². The molecule has 5 heteroatoms. The molecule has 1 aromatic carbocycles. The summed E-state index contributed by atoms with van der Waals surface area (Å²) in [4.78, 5) is 23.1. The fraction of sp³-hybridized carbons (Fsp3) is 0.300. The van der Waals surface area contributed by atoms with E-state index >= 15 is 0 Å². The van der Waals surface area contributed by atoms with Crippen LogP contribution in [0.5, 0.6) is 0 Å². The van der Waals surface area contributed by atoms with Crippen LogP contribution < -0.4 is 4.90 Å². The van der Waals surface area contributed by atoms with Gasteiger partial charge in [-0.1, -0.05) is 18.2 Å². The van der Waals surface area contributed by atoms with Crippen LogP contribution >= 0.6 is 0 Å². The number of para-hydroxylation sites is 1. The number of rotatable bonds is 2. The summed E-state index contributed by atoms with van der Waals surface area (Å²) >= 11 is 0. The Kier molecular flexibility index (Phi) is 2.37. The molecule has 1 aliphatic rings. The van der Waals surface area contributed by atoms with Crippen LogP contribution in [0.15, 0.2) is 30.3 Å². The predicted molar refractivity (Wildman–Crippen MR) is 54.2 cm³/mol. The zero-order valence-corrected chi connectivity index (χ0v) is 8.00. The third-order valence-electron chi connectivity index (χ3n) is 2.50. The number of benzene rings is 1. The van der Waals surface area contributed by atoms with E-state index in [0.717, 1.165) is 5.69 Å². The van der Waals surface area contributed by atoms with E-state index in [0.29, 0.717) is 13.0 Å². The van der Waals surface area contributed by atoms with Crippen molar-refractivity contribution >= 4 is 11.6 Å². The Balaban J connectivity index is 2.21. The van der Waals surface area contributed by atoms with Crippen LogP contribution in [0.2, 0.25) is 0 Å². The zero-order valence-electron chi connectivity index (χ0n) is 8.00. The molecule has 5 nitrogen and oxygen atoms in total. The number of nitro groups is 1. The molecule has 1 unspecified atom stereocenters. The Morgan fingerprint density at radius 2 is 2.00 bits per heavy atom. The fourth-order valence-corrected chi connectivity index (χ4v) is 1.72. The minimum Gasteiger partial charge on any atom is -0.306 e. The molecule has 1 aromatic rings. The van der Waals surface area contributed by atoms with Crippen molar-refractivity contribution in [2.45, 2.75) is 12.5 Å². The van der Waals surface area contributed by atoms with Gasteiger partial charge in [-0.05, 0) is 12.1 Å². The van der Waals surface area contributed by atoms with E-state index in [1.54, 1.807) is 12.1 Å². The highest BCUT2D eigenvalue weighted by molar-refractivity contribution is 5.98. The van der Waals surface area contributed by atoms with E-state index in [4.69, 9.17) is 0 Å². The largest absolute Gasteiger partial charge is 0.306 e. The molecule has 0 aliphatic carbocycles. The second-order valence-electron chi connectivity index (χ2n) is 3.42. The van der Waals surface area contributed by atoms with Crippen LogP contribution in [0.3, 0.4) is 0 Å². The quantitative estimate of drug-likeness (QED) is 0.537. The average molecular weight is 206 g/mol. The van der Waals surface area contributed by atoms with Gasteiger partial charge in [0.15, 0.2) is 0 Å². The van der Waals surface area contributed by atoms with E-state index in [9.17, 15) is 14.9 Å². The van der Waals surface area contributed by atoms with Crippen LogP contribution in [0.4, 0.5) is 5.69 Å². The molecule has 0 N–H and O–H groups in total.